The lowest BCUT2D eigenvalue weighted by molar-refractivity contribution is 0.0688. The largest absolute Gasteiger partial charge is 0.370 e. The fourth-order valence-electron chi connectivity index (χ4n) is 2.62. The Labute approximate surface area is 125 Å². The van der Waals surface area contributed by atoms with E-state index in [1.807, 2.05) is 11.8 Å². The number of nitrogens with zero attached hydrogens (tertiary/aromatic N) is 2. The van der Waals surface area contributed by atoms with Crippen LogP contribution in [0, 0.1) is 5.92 Å². The number of nitrogens with one attached hydrogen (secondary N) is 1. The van der Waals surface area contributed by atoms with Crippen LogP contribution in [0.4, 0.5) is 5.82 Å². The van der Waals surface area contributed by atoms with Crippen molar-refractivity contribution in [3.8, 4) is 0 Å². The number of likely N-dealkylation sites (tertiary alicyclic amines) is 1. The highest BCUT2D eigenvalue weighted by Gasteiger charge is 2.23. The first kappa shape index (κ1) is 15.1. The Kier molecular flexibility index (Phi) is 5.24. The second-order valence-corrected chi connectivity index (χ2v) is 5.63. The minimum atomic E-state index is 0.0583. The summed E-state index contributed by atoms with van der Waals surface area (Å²) in [5.74, 6) is 1.48. The van der Waals surface area contributed by atoms with Crippen LogP contribution in [0.1, 0.15) is 43.5 Å². The van der Waals surface area contributed by atoms with Gasteiger partial charge < -0.3 is 10.2 Å². The first-order valence-electron chi connectivity index (χ1n) is 7.34. The fourth-order valence-corrected chi connectivity index (χ4v) is 2.83. The lowest BCUT2D eigenvalue weighted by Gasteiger charge is -2.31. The highest BCUT2D eigenvalue weighted by molar-refractivity contribution is 6.29. The molecule has 2 heterocycles. The summed E-state index contributed by atoms with van der Waals surface area (Å²) in [7, 11) is 0. The van der Waals surface area contributed by atoms with Crippen LogP contribution in [-0.2, 0) is 0 Å². The van der Waals surface area contributed by atoms with Crippen molar-refractivity contribution in [3.63, 3.8) is 0 Å². The Bertz CT molecular complexity index is 470. The van der Waals surface area contributed by atoms with Crippen molar-refractivity contribution in [1.29, 1.82) is 0 Å². The van der Waals surface area contributed by atoms with Gasteiger partial charge in [-0.15, -0.1) is 0 Å². The summed E-state index contributed by atoms with van der Waals surface area (Å²) in [4.78, 5) is 18.6. The van der Waals surface area contributed by atoms with E-state index in [0.717, 1.165) is 38.4 Å². The lowest BCUT2D eigenvalue weighted by Crippen LogP contribution is -2.38. The SMILES string of the molecule is CCNc1cc(C(=O)N2CCC(CC)CC2)cc(Cl)n1. The number of carbonyl (C=O) groups is 1. The normalized spacial score (nSPS) is 16.2. The van der Waals surface area contributed by atoms with E-state index in [0.29, 0.717) is 16.5 Å². The number of anilines is 1. The molecule has 110 valence electrons. The van der Waals surface area contributed by atoms with E-state index >= 15 is 0 Å². The van der Waals surface area contributed by atoms with E-state index in [-0.39, 0.29) is 5.91 Å². The van der Waals surface area contributed by atoms with Crippen molar-refractivity contribution in [3.05, 3.63) is 22.8 Å². The maximum atomic E-state index is 12.5. The third kappa shape index (κ3) is 3.63. The van der Waals surface area contributed by atoms with Gasteiger partial charge in [-0.25, -0.2) is 4.98 Å². The Morgan fingerprint density at radius 2 is 2.10 bits per heavy atom. The standard InChI is InChI=1S/C15H22ClN3O/c1-3-11-5-7-19(8-6-11)15(20)12-9-13(16)18-14(10-12)17-4-2/h9-11H,3-8H2,1-2H3,(H,17,18). The average molecular weight is 296 g/mol. The smallest absolute Gasteiger partial charge is 0.254 e. The Morgan fingerprint density at radius 3 is 2.70 bits per heavy atom. The van der Waals surface area contributed by atoms with E-state index in [1.165, 1.54) is 6.42 Å². The molecule has 0 spiro atoms. The number of piperidine rings is 1. The molecule has 1 N–H and O–H groups in total. The van der Waals surface area contributed by atoms with E-state index in [9.17, 15) is 4.79 Å². The van der Waals surface area contributed by atoms with E-state index in [4.69, 9.17) is 11.6 Å². The number of rotatable bonds is 4. The van der Waals surface area contributed by atoms with Crippen LogP contribution < -0.4 is 5.32 Å². The molecule has 1 saturated heterocycles. The first-order valence-corrected chi connectivity index (χ1v) is 7.72. The predicted octanol–water partition coefficient (Wildman–Crippen LogP) is 3.43. The Hall–Kier alpha value is -1.29. The summed E-state index contributed by atoms with van der Waals surface area (Å²) >= 11 is 5.99. The van der Waals surface area contributed by atoms with Gasteiger partial charge in [0.25, 0.3) is 5.91 Å². The molecule has 2 rings (SSSR count). The van der Waals surface area contributed by atoms with E-state index in [1.54, 1.807) is 12.1 Å². The van der Waals surface area contributed by atoms with Crippen molar-refractivity contribution in [1.82, 2.24) is 9.88 Å². The molecule has 0 radical (unpaired) electrons. The molecule has 0 aromatic carbocycles. The van der Waals surface area contributed by atoms with E-state index < -0.39 is 0 Å². The minimum Gasteiger partial charge on any atom is -0.370 e. The molecule has 1 amide bonds. The van der Waals surface area contributed by atoms with Gasteiger partial charge in [0.2, 0.25) is 0 Å². The van der Waals surface area contributed by atoms with Crippen LogP contribution in [0.3, 0.4) is 0 Å². The van der Waals surface area contributed by atoms with Gasteiger partial charge in [0.1, 0.15) is 11.0 Å². The van der Waals surface area contributed by atoms with Gasteiger partial charge in [0.05, 0.1) is 0 Å². The zero-order valence-electron chi connectivity index (χ0n) is 12.2. The molecule has 1 aromatic heterocycles. The maximum Gasteiger partial charge on any atom is 0.254 e. The molecule has 0 unspecified atom stereocenters. The number of amides is 1. The summed E-state index contributed by atoms with van der Waals surface area (Å²) in [5.41, 5.74) is 0.621. The fraction of sp³-hybridized carbons (Fsp3) is 0.600. The molecule has 1 fully saturated rings. The third-order valence-corrected chi connectivity index (χ3v) is 4.07. The third-order valence-electron chi connectivity index (χ3n) is 3.88. The lowest BCUT2D eigenvalue weighted by atomic mass is 9.94. The second kappa shape index (κ2) is 6.93. The molecule has 1 aliphatic heterocycles. The monoisotopic (exact) mass is 295 g/mol. The molecular weight excluding hydrogens is 274 g/mol. The summed E-state index contributed by atoms with van der Waals surface area (Å²) in [6.07, 6.45) is 3.40. The molecule has 0 aliphatic carbocycles. The predicted molar refractivity (Wildman–Crippen MR) is 82.3 cm³/mol. The van der Waals surface area contributed by atoms with Gasteiger partial charge in [-0.2, -0.15) is 0 Å². The van der Waals surface area contributed by atoms with Crippen LogP contribution in [0.2, 0.25) is 5.15 Å². The summed E-state index contributed by atoms with van der Waals surface area (Å²) < 4.78 is 0. The minimum absolute atomic E-state index is 0.0583. The van der Waals surface area contributed by atoms with E-state index in [2.05, 4.69) is 17.2 Å². The van der Waals surface area contributed by atoms with Gasteiger partial charge >= 0.3 is 0 Å². The van der Waals surface area contributed by atoms with Crippen LogP contribution in [0.25, 0.3) is 0 Å². The highest BCUT2D eigenvalue weighted by Crippen LogP contribution is 2.23. The molecule has 20 heavy (non-hydrogen) atoms. The zero-order valence-corrected chi connectivity index (χ0v) is 12.9. The van der Waals surface area contributed by atoms with Gasteiger partial charge in [0, 0.05) is 25.2 Å². The van der Waals surface area contributed by atoms with Crippen molar-refractivity contribution in [2.24, 2.45) is 5.92 Å². The summed E-state index contributed by atoms with van der Waals surface area (Å²) in [6.45, 7) is 6.64. The number of hydrogen-bond acceptors (Lipinski definition) is 3. The molecule has 1 aliphatic rings. The van der Waals surface area contributed by atoms with Crippen LogP contribution in [0.5, 0.6) is 0 Å². The number of halogens is 1. The summed E-state index contributed by atoms with van der Waals surface area (Å²) in [5, 5.41) is 3.45. The Balaban J connectivity index is 2.09. The highest BCUT2D eigenvalue weighted by atomic mass is 35.5. The number of carbonyl (C=O) groups excluding carboxylic acids is 1. The van der Waals surface area contributed by atoms with Crippen molar-refractivity contribution in [2.75, 3.05) is 25.0 Å². The van der Waals surface area contributed by atoms with Crippen LogP contribution >= 0.6 is 11.6 Å². The molecule has 4 nitrogen and oxygen atoms in total. The summed E-state index contributed by atoms with van der Waals surface area (Å²) in [6, 6.07) is 3.43. The second-order valence-electron chi connectivity index (χ2n) is 5.24. The van der Waals surface area contributed by atoms with Gasteiger partial charge in [-0.3, -0.25) is 4.79 Å². The van der Waals surface area contributed by atoms with Gasteiger partial charge in [-0.1, -0.05) is 24.9 Å². The molecule has 0 bridgehead atoms. The van der Waals surface area contributed by atoms with Gasteiger partial charge in [0.15, 0.2) is 0 Å². The zero-order chi connectivity index (χ0) is 14.5. The maximum absolute atomic E-state index is 12.5. The molecular formula is C15H22ClN3O. The molecule has 5 heteroatoms. The molecule has 1 aromatic rings. The van der Waals surface area contributed by atoms with Gasteiger partial charge in [-0.05, 0) is 37.8 Å². The quantitative estimate of drug-likeness (QED) is 0.866. The topological polar surface area (TPSA) is 45.2 Å². The number of aromatic nitrogens is 1. The molecule has 0 saturated carbocycles. The number of pyridine rings is 1. The molecule has 0 atom stereocenters. The van der Waals surface area contributed by atoms with Crippen molar-refractivity contribution < 1.29 is 4.79 Å². The van der Waals surface area contributed by atoms with Crippen LogP contribution in [0.15, 0.2) is 12.1 Å². The first-order chi connectivity index (χ1) is 9.63. The van der Waals surface area contributed by atoms with Crippen molar-refractivity contribution >= 4 is 23.3 Å². The average Bonchev–Trinajstić information content (AvgIpc) is 2.46. The Morgan fingerprint density at radius 1 is 1.40 bits per heavy atom. The van der Waals surface area contributed by atoms with Crippen molar-refractivity contribution in [2.45, 2.75) is 33.1 Å². The number of hydrogen-bond donors (Lipinski definition) is 1. The van der Waals surface area contributed by atoms with Crippen LogP contribution in [-0.4, -0.2) is 35.4 Å².